The van der Waals surface area contributed by atoms with Crippen molar-refractivity contribution < 1.29 is 18.3 Å². The molecule has 0 spiro atoms. The summed E-state index contributed by atoms with van der Waals surface area (Å²) in [5.41, 5.74) is -1.23. The Kier molecular flexibility index (Phi) is 5.08. The second-order valence-electron chi connectivity index (χ2n) is 4.97. The number of nitrogens with one attached hydrogen (secondary N) is 1. The molecule has 6 nitrogen and oxygen atoms in total. The fraction of sp³-hybridized carbons (Fsp3) is 0.462. The van der Waals surface area contributed by atoms with Crippen LogP contribution in [0, 0.1) is 0 Å². The molecule has 1 fully saturated rings. The SMILES string of the molecule is CCCNS(=O)(=O)c1cc(C2(O)CSC(=O)N2C)ccc1Cl. The van der Waals surface area contributed by atoms with Gasteiger partial charge in [-0.1, -0.05) is 36.4 Å². The van der Waals surface area contributed by atoms with Crippen molar-refractivity contribution in [3.63, 3.8) is 0 Å². The van der Waals surface area contributed by atoms with Crippen molar-refractivity contribution in [2.24, 2.45) is 0 Å². The zero-order valence-electron chi connectivity index (χ0n) is 12.2. The van der Waals surface area contributed by atoms with Crippen LogP contribution in [0.2, 0.25) is 5.02 Å². The van der Waals surface area contributed by atoms with Gasteiger partial charge >= 0.3 is 0 Å². The Morgan fingerprint density at radius 3 is 2.73 bits per heavy atom. The first-order chi connectivity index (χ1) is 10.2. The zero-order chi connectivity index (χ0) is 16.5. The van der Waals surface area contributed by atoms with Crippen molar-refractivity contribution in [1.29, 1.82) is 0 Å². The molecular formula is C13H17ClN2O4S2. The molecular weight excluding hydrogens is 348 g/mol. The van der Waals surface area contributed by atoms with Gasteiger partial charge in [-0.15, -0.1) is 0 Å². The summed E-state index contributed by atoms with van der Waals surface area (Å²) in [5.74, 6) is 0.131. The van der Waals surface area contributed by atoms with Crippen LogP contribution in [0.1, 0.15) is 18.9 Å². The molecule has 0 aliphatic carbocycles. The molecule has 1 aromatic rings. The second kappa shape index (κ2) is 6.37. The van der Waals surface area contributed by atoms with Crippen LogP contribution < -0.4 is 4.72 Å². The van der Waals surface area contributed by atoms with Gasteiger partial charge in [0.05, 0.1) is 10.8 Å². The van der Waals surface area contributed by atoms with Crippen LogP contribution in [0.3, 0.4) is 0 Å². The smallest absolute Gasteiger partial charge is 0.284 e. The monoisotopic (exact) mass is 364 g/mol. The molecule has 0 radical (unpaired) electrons. The number of hydrogen-bond acceptors (Lipinski definition) is 5. The van der Waals surface area contributed by atoms with Gasteiger partial charge in [0.2, 0.25) is 10.0 Å². The van der Waals surface area contributed by atoms with Crippen molar-refractivity contribution in [2.75, 3.05) is 19.3 Å². The molecule has 0 aromatic heterocycles. The summed E-state index contributed by atoms with van der Waals surface area (Å²) in [5, 5.41) is 10.5. The third-order valence-electron chi connectivity index (χ3n) is 3.45. The van der Waals surface area contributed by atoms with E-state index in [1.54, 1.807) is 0 Å². The molecule has 2 N–H and O–H groups in total. The molecule has 1 amide bonds. The summed E-state index contributed by atoms with van der Waals surface area (Å²) in [6.45, 7) is 2.14. The molecule has 1 aliphatic rings. The molecule has 1 aromatic carbocycles. The Morgan fingerprint density at radius 1 is 1.50 bits per heavy atom. The topological polar surface area (TPSA) is 86.7 Å². The Hall–Kier alpha value is -0.800. The maximum absolute atomic E-state index is 12.3. The third kappa shape index (κ3) is 3.11. The van der Waals surface area contributed by atoms with Gasteiger partial charge in [0.25, 0.3) is 5.24 Å². The van der Waals surface area contributed by atoms with Crippen LogP contribution in [0.4, 0.5) is 4.79 Å². The number of amides is 1. The van der Waals surface area contributed by atoms with Crippen LogP contribution in [0.25, 0.3) is 0 Å². The van der Waals surface area contributed by atoms with E-state index in [1.807, 2.05) is 6.92 Å². The van der Waals surface area contributed by atoms with Gasteiger partial charge in [-0.3, -0.25) is 4.79 Å². The zero-order valence-corrected chi connectivity index (χ0v) is 14.6. The number of rotatable bonds is 5. The summed E-state index contributed by atoms with van der Waals surface area (Å²) in [6, 6.07) is 4.25. The Balaban J connectivity index is 2.46. The molecule has 22 heavy (non-hydrogen) atoms. The van der Waals surface area contributed by atoms with Gasteiger partial charge in [-0.05, 0) is 18.6 Å². The quantitative estimate of drug-likeness (QED) is 0.834. The van der Waals surface area contributed by atoms with Gasteiger partial charge in [0.15, 0.2) is 5.72 Å². The van der Waals surface area contributed by atoms with Gasteiger partial charge in [0, 0.05) is 19.2 Å². The van der Waals surface area contributed by atoms with E-state index in [9.17, 15) is 18.3 Å². The van der Waals surface area contributed by atoms with E-state index in [0.717, 1.165) is 11.8 Å². The molecule has 122 valence electrons. The first-order valence-electron chi connectivity index (χ1n) is 6.65. The fourth-order valence-electron chi connectivity index (χ4n) is 2.06. The predicted molar refractivity (Wildman–Crippen MR) is 86.4 cm³/mol. The van der Waals surface area contributed by atoms with E-state index in [4.69, 9.17) is 11.6 Å². The van der Waals surface area contributed by atoms with Crippen molar-refractivity contribution >= 4 is 38.6 Å². The van der Waals surface area contributed by atoms with E-state index >= 15 is 0 Å². The summed E-state index contributed by atoms with van der Waals surface area (Å²) in [4.78, 5) is 12.7. The summed E-state index contributed by atoms with van der Waals surface area (Å²) in [6.07, 6.45) is 0.647. The largest absolute Gasteiger partial charge is 0.366 e. The molecule has 1 aliphatic heterocycles. The van der Waals surface area contributed by atoms with Gasteiger partial charge in [0.1, 0.15) is 4.90 Å². The van der Waals surface area contributed by atoms with E-state index in [-0.39, 0.29) is 20.9 Å². The summed E-state index contributed by atoms with van der Waals surface area (Å²) < 4.78 is 27.0. The highest BCUT2D eigenvalue weighted by Crippen LogP contribution is 2.39. The van der Waals surface area contributed by atoms with Crippen LogP contribution in [0.15, 0.2) is 23.1 Å². The molecule has 2 rings (SSSR count). The highest BCUT2D eigenvalue weighted by atomic mass is 35.5. The average molecular weight is 365 g/mol. The molecule has 9 heteroatoms. The van der Waals surface area contributed by atoms with Gasteiger partial charge < -0.3 is 10.0 Å². The number of aliphatic hydroxyl groups is 1. The third-order valence-corrected chi connectivity index (χ3v) is 6.46. The maximum atomic E-state index is 12.3. The highest BCUT2D eigenvalue weighted by molar-refractivity contribution is 8.13. The minimum Gasteiger partial charge on any atom is -0.366 e. The number of carbonyl (C=O) groups excluding carboxylic acids is 1. The number of sulfonamides is 1. The lowest BCUT2D eigenvalue weighted by atomic mass is 10.0. The van der Waals surface area contributed by atoms with Crippen molar-refractivity contribution in [3.05, 3.63) is 28.8 Å². The maximum Gasteiger partial charge on any atom is 0.284 e. The van der Waals surface area contributed by atoms with E-state index in [2.05, 4.69) is 4.72 Å². The first kappa shape index (κ1) is 17.6. The molecule has 1 heterocycles. The molecule has 1 atom stereocenters. The Labute approximate surface area is 138 Å². The standard InChI is InChI=1S/C13H17ClN2O4S2/c1-3-6-15-22(19,20)11-7-9(4-5-10(11)14)13(18)8-21-12(17)16(13)2/h4-5,7,15,18H,3,6,8H2,1-2H3. The lowest BCUT2D eigenvalue weighted by Crippen LogP contribution is -2.42. The summed E-state index contributed by atoms with van der Waals surface area (Å²) in [7, 11) is -2.29. The normalized spacial score (nSPS) is 22.4. The average Bonchev–Trinajstić information content (AvgIpc) is 2.74. The molecule has 1 unspecified atom stereocenters. The molecule has 0 bridgehead atoms. The van der Waals surface area contributed by atoms with Crippen molar-refractivity contribution in [2.45, 2.75) is 24.0 Å². The number of carbonyl (C=O) groups is 1. The first-order valence-corrected chi connectivity index (χ1v) is 9.49. The number of benzene rings is 1. The summed E-state index contributed by atoms with van der Waals surface area (Å²) >= 11 is 6.97. The van der Waals surface area contributed by atoms with E-state index in [0.29, 0.717) is 18.5 Å². The second-order valence-corrected chi connectivity index (χ2v) is 8.04. The molecule has 0 saturated carbocycles. The minimum atomic E-state index is -3.77. The number of nitrogens with zero attached hydrogens (tertiary/aromatic N) is 1. The van der Waals surface area contributed by atoms with Crippen LogP contribution >= 0.6 is 23.4 Å². The van der Waals surface area contributed by atoms with Crippen LogP contribution in [-0.4, -0.2) is 43.0 Å². The Morgan fingerprint density at radius 2 is 2.18 bits per heavy atom. The van der Waals surface area contributed by atoms with Gasteiger partial charge in [-0.2, -0.15) is 0 Å². The van der Waals surface area contributed by atoms with Crippen molar-refractivity contribution in [1.82, 2.24) is 9.62 Å². The Bertz CT molecular complexity index is 695. The number of thioether (sulfide) groups is 1. The number of halogens is 1. The lowest BCUT2D eigenvalue weighted by Gasteiger charge is -2.30. The van der Waals surface area contributed by atoms with Gasteiger partial charge in [-0.25, -0.2) is 13.1 Å². The minimum absolute atomic E-state index is 0.0654. The molecule has 1 saturated heterocycles. The fourth-order valence-corrected chi connectivity index (χ4v) is 4.74. The number of hydrogen-bond donors (Lipinski definition) is 2. The van der Waals surface area contributed by atoms with Crippen molar-refractivity contribution in [3.8, 4) is 0 Å². The highest BCUT2D eigenvalue weighted by Gasteiger charge is 2.44. The van der Waals surface area contributed by atoms with E-state index in [1.165, 1.54) is 30.1 Å². The van der Waals surface area contributed by atoms with E-state index < -0.39 is 15.7 Å². The lowest BCUT2D eigenvalue weighted by molar-refractivity contribution is -0.0430. The van der Waals surface area contributed by atoms with Crippen LogP contribution in [-0.2, 0) is 15.7 Å². The van der Waals surface area contributed by atoms with Crippen LogP contribution in [0.5, 0.6) is 0 Å². The predicted octanol–water partition coefficient (Wildman–Crippen LogP) is 1.97.